The summed E-state index contributed by atoms with van der Waals surface area (Å²) in [5, 5.41) is 0.673. The summed E-state index contributed by atoms with van der Waals surface area (Å²) in [5.74, 6) is 5.99. The number of hydrogen-bond acceptors (Lipinski definition) is 5. The number of anilines is 1. The van der Waals surface area contributed by atoms with Crippen molar-refractivity contribution in [1.29, 1.82) is 0 Å². The van der Waals surface area contributed by atoms with E-state index < -0.39 is 0 Å². The standard InChI is InChI=1S/C12H19ClN4O/c1-9-7-17(5-2-6-18-9)8-11-10(13)3-4-12(15-11)16-14/h3-4,9H,2,5-8,14H2,1H3,(H,15,16). The molecule has 0 spiro atoms. The molecule has 2 heterocycles. The van der Waals surface area contributed by atoms with Gasteiger partial charge < -0.3 is 10.2 Å². The van der Waals surface area contributed by atoms with E-state index >= 15 is 0 Å². The summed E-state index contributed by atoms with van der Waals surface area (Å²) in [4.78, 5) is 6.70. The number of hydrogen-bond donors (Lipinski definition) is 2. The Morgan fingerprint density at radius 3 is 3.22 bits per heavy atom. The van der Waals surface area contributed by atoms with E-state index in [9.17, 15) is 0 Å². The highest BCUT2D eigenvalue weighted by Crippen LogP contribution is 2.19. The Labute approximate surface area is 112 Å². The van der Waals surface area contributed by atoms with Gasteiger partial charge in [-0.1, -0.05) is 11.6 Å². The molecule has 1 aliphatic heterocycles. The zero-order chi connectivity index (χ0) is 13.0. The van der Waals surface area contributed by atoms with Crippen molar-refractivity contribution < 1.29 is 4.74 Å². The summed E-state index contributed by atoms with van der Waals surface area (Å²) in [6.07, 6.45) is 1.29. The molecule has 0 aliphatic carbocycles. The summed E-state index contributed by atoms with van der Waals surface area (Å²) in [7, 11) is 0. The summed E-state index contributed by atoms with van der Waals surface area (Å²) in [5.41, 5.74) is 3.39. The molecule has 1 saturated heterocycles. The monoisotopic (exact) mass is 270 g/mol. The van der Waals surface area contributed by atoms with Gasteiger partial charge in [-0.05, 0) is 25.5 Å². The lowest BCUT2D eigenvalue weighted by Gasteiger charge is -2.21. The second-order valence-electron chi connectivity index (χ2n) is 4.54. The molecule has 1 unspecified atom stereocenters. The van der Waals surface area contributed by atoms with Crippen molar-refractivity contribution in [3.8, 4) is 0 Å². The van der Waals surface area contributed by atoms with Crippen molar-refractivity contribution in [2.24, 2.45) is 5.84 Å². The number of rotatable bonds is 3. The Morgan fingerprint density at radius 1 is 1.61 bits per heavy atom. The van der Waals surface area contributed by atoms with Gasteiger partial charge in [0.05, 0.1) is 16.8 Å². The molecule has 1 fully saturated rings. The van der Waals surface area contributed by atoms with Crippen LogP contribution in [0.2, 0.25) is 5.02 Å². The van der Waals surface area contributed by atoms with Crippen LogP contribution in [0.4, 0.5) is 5.82 Å². The number of pyridine rings is 1. The Morgan fingerprint density at radius 2 is 2.44 bits per heavy atom. The lowest BCUT2D eigenvalue weighted by Crippen LogP contribution is -2.30. The number of halogens is 1. The Hall–Kier alpha value is -0.880. The topological polar surface area (TPSA) is 63.4 Å². The molecule has 3 N–H and O–H groups in total. The highest BCUT2D eigenvalue weighted by atomic mass is 35.5. The minimum Gasteiger partial charge on any atom is -0.377 e. The third kappa shape index (κ3) is 3.55. The maximum Gasteiger partial charge on any atom is 0.140 e. The molecular formula is C12H19ClN4O. The lowest BCUT2D eigenvalue weighted by atomic mass is 10.3. The average molecular weight is 271 g/mol. The number of nitrogen functional groups attached to an aromatic ring is 1. The van der Waals surface area contributed by atoms with E-state index in [2.05, 4.69) is 22.2 Å². The molecule has 5 nitrogen and oxygen atoms in total. The predicted molar refractivity (Wildman–Crippen MR) is 72.4 cm³/mol. The van der Waals surface area contributed by atoms with Gasteiger partial charge in [0, 0.05) is 26.2 Å². The van der Waals surface area contributed by atoms with E-state index in [-0.39, 0.29) is 6.10 Å². The van der Waals surface area contributed by atoms with E-state index in [1.54, 1.807) is 6.07 Å². The van der Waals surface area contributed by atoms with Crippen LogP contribution in [0.15, 0.2) is 12.1 Å². The molecule has 100 valence electrons. The number of nitrogens with one attached hydrogen (secondary N) is 1. The first-order chi connectivity index (χ1) is 8.69. The molecule has 18 heavy (non-hydrogen) atoms. The minimum absolute atomic E-state index is 0.252. The Balaban J connectivity index is 2.07. The molecular weight excluding hydrogens is 252 g/mol. The highest BCUT2D eigenvalue weighted by molar-refractivity contribution is 6.31. The predicted octanol–water partition coefficient (Wildman–Crippen LogP) is 1.63. The van der Waals surface area contributed by atoms with Crippen molar-refractivity contribution in [3.63, 3.8) is 0 Å². The van der Waals surface area contributed by atoms with Crippen molar-refractivity contribution in [3.05, 3.63) is 22.8 Å². The summed E-state index contributed by atoms with van der Waals surface area (Å²) < 4.78 is 5.62. The van der Waals surface area contributed by atoms with E-state index in [1.807, 2.05) is 6.07 Å². The maximum absolute atomic E-state index is 6.16. The quantitative estimate of drug-likeness (QED) is 0.646. The van der Waals surface area contributed by atoms with Crippen LogP contribution >= 0.6 is 11.6 Å². The SMILES string of the molecule is CC1CN(Cc2nc(NN)ccc2Cl)CCCO1. The Kier molecular flexibility index (Phi) is 4.77. The van der Waals surface area contributed by atoms with Crippen LogP contribution in [0.5, 0.6) is 0 Å². The van der Waals surface area contributed by atoms with Crippen LogP contribution in [0, 0.1) is 0 Å². The first kappa shape index (κ1) is 13.5. The lowest BCUT2D eigenvalue weighted by molar-refractivity contribution is 0.0666. The van der Waals surface area contributed by atoms with Crippen LogP contribution < -0.4 is 11.3 Å². The zero-order valence-electron chi connectivity index (χ0n) is 10.5. The molecule has 1 aliphatic rings. The summed E-state index contributed by atoms with van der Waals surface area (Å²) >= 11 is 6.16. The molecule has 0 amide bonds. The summed E-state index contributed by atoms with van der Waals surface area (Å²) in [6, 6.07) is 3.58. The van der Waals surface area contributed by atoms with Crippen LogP contribution in [0.1, 0.15) is 19.0 Å². The highest BCUT2D eigenvalue weighted by Gasteiger charge is 2.17. The van der Waals surface area contributed by atoms with Gasteiger partial charge in [0.15, 0.2) is 0 Å². The van der Waals surface area contributed by atoms with Crippen LogP contribution in [-0.4, -0.2) is 35.7 Å². The number of nitrogens with zero attached hydrogens (tertiary/aromatic N) is 2. The Bertz CT molecular complexity index is 402. The zero-order valence-corrected chi connectivity index (χ0v) is 11.3. The van der Waals surface area contributed by atoms with E-state index in [0.717, 1.165) is 38.4 Å². The van der Waals surface area contributed by atoms with Gasteiger partial charge in [-0.3, -0.25) is 4.90 Å². The third-order valence-corrected chi connectivity index (χ3v) is 3.32. The molecule has 0 bridgehead atoms. The van der Waals surface area contributed by atoms with E-state index in [4.69, 9.17) is 22.2 Å². The number of ether oxygens (including phenoxy) is 1. The third-order valence-electron chi connectivity index (χ3n) is 2.98. The van der Waals surface area contributed by atoms with E-state index in [0.29, 0.717) is 10.8 Å². The maximum atomic E-state index is 6.16. The van der Waals surface area contributed by atoms with Gasteiger partial charge >= 0.3 is 0 Å². The molecule has 2 rings (SSSR count). The van der Waals surface area contributed by atoms with Crippen molar-refractivity contribution in [2.45, 2.75) is 26.0 Å². The van der Waals surface area contributed by atoms with Crippen LogP contribution in [0.3, 0.4) is 0 Å². The van der Waals surface area contributed by atoms with Gasteiger partial charge in [0.2, 0.25) is 0 Å². The second kappa shape index (κ2) is 6.33. The summed E-state index contributed by atoms with van der Waals surface area (Å²) in [6.45, 7) is 5.54. The number of hydrazine groups is 1. The first-order valence-electron chi connectivity index (χ1n) is 6.15. The van der Waals surface area contributed by atoms with Crippen molar-refractivity contribution in [2.75, 3.05) is 25.1 Å². The smallest absolute Gasteiger partial charge is 0.140 e. The van der Waals surface area contributed by atoms with E-state index in [1.165, 1.54) is 0 Å². The van der Waals surface area contributed by atoms with Gasteiger partial charge in [0.1, 0.15) is 5.82 Å². The molecule has 0 radical (unpaired) electrons. The number of aromatic nitrogens is 1. The van der Waals surface area contributed by atoms with Gasteiger partial charge in [0.25, 0.3) is 0 Å². The molecule has 6 heteroatoms. The van der Waals surface area contributed by atoms with Crippen molar-refractivity contribution >= 4 is 17.4 Å². The molecule has 1 aromatic heterocycles. The van der Waals surface area contributed by atoms with Gasteiger partial charge in [-0.15, -0.1) is 0 Å². The fraction of sp³-hybridized carbons (Fsp3) is 0.583. The molecule has 0 saturated carbocycles. The first-order valence-corrected chi connectivity index (χ1v) is 6.53. The molecule has 1 aromatic rings. The van der Waals surface area contributed by atoms with Crippen LogP contribution in [0.25, 0.3) is 0 Å². The number of nitrogens with two attached hydrogens (primary N) is 1. The fourth-order valence-corrected chi connectivity index (χ4v) is 2.28. The minimum atomic E-state index is 0.252. The molecule has 0 aromatic carbocycles. The molecule has 1 atom stereocenters. The largest absolute Gasteiger partial charge is 0.377 e. The average Bonchev–Trinajstić information content (AvgIpc) is 2.56. The second-order valence-corrected chi connectivity index (χ2v) is 4.95. The van der Waals surface area contributed by atoms with Crippen molar-refractivity contribution in [1.82, 2.24) is 9.88 Å². The normalized spacial score (nSPS) is 21.6. The fourth-order valence-electron chi connectivity index (χ4n) is 2.11. The van der Waals surface area contributed by atoms with Gasteiger partial charge in [-0.25, -0.2) is 10.8 Å². The van der Waals surface area contributed by atoms with Gasteiger partial charge in [-0.2, -0.15) is 0 Å². The van der Waals surface area contributed by atoms with Crippen LogP contribution in [-0.2, 0) is 11.3 Å².